The molecule has 7 heteroatoms. The molecule has 0 radical (unpaired) electrons. The molecule has 0 saturated heterocycles. The first-order valence-corrected chi connectivity index (χ1v) is 9.50. The van der Waals surface area contributed by atoms with Crippen molar-refractivity contribution in [1.29, 1.82) is 0 Å². The van der Waals surface area contributed by atoms with Gasteiger partial charge in [-0.25, -0.2) is 4.79 Å². The Hall–Kier alpha value is -2.57. The largest absolute Gasteiger partial charge is 0.450 e. The van der Waals surface area contributed by atoms with Gasteiger partial charge in [0, 0.05) is 6.54 Å². The summed E-state index contributed by atoms with van der Waals surface area (Å²) in [7, 11) is 0. The third kappa shape index (κ3) is 9.08. The lowest BCUT2D eigenvalue weighted by atomic mass is 10.0. The molecule has 7 nitrogen and oxygen atoms in total. The summed E-state index contributed by atoms with van der Waals surface area (Å²) < 4.78 is 5.09. The van der Waals surface area contributed by atoms with Gasteiger partial charge in [0.15, 0.2) is 0 Å². The van der Waals surface area contributed by atoms with E-state index in [1.165, 1.54) is 6.92 Å². The topological polar surface area (TPSA) is 111 Å². The Morgan fingerprint density at radius 2 is 1.81 bits per heavy atom. The Morgan fingerprint density at radius 3 is 2.44 bits per heavy atom. The van der Waals surface area contributed by atoms with E-state index in [0.717, 1.165) is 31.2 Å². The lowest BCUT2D eigenvalue weighted by Gasteiger charge is -2.22. The quantitative estimate of drug-likeness (QED) is 0.485. The Kier molecular flexibility index (Phi) is 10.6. The fraction of sp³-hybridized carbons (Fsp3) is 0.550. The number of nitrogens with one attached hydrogen (secondary N) is 2. The highest BCUT2D eigenvalue weighted by Crippen LogP contribution is 2.05. The fourth-order valence-corrected chi connectivity index (χ4v) is 2.53. The molecule has 150 valence electrons. The maximum Gasteiger partial charge on any atom is 0.407 e. The van der Waals surface area contributed by atoms with E-state index < -0.39 is 29.9 Å². The first-order chi connectivity index (χ1) is 13.0. The highest BCUT2D eigenvalue weighted by Gasteiger charge is 2.30. The Bertz CT molecular complexity index is 592. The standard InChI is InChI=1S/C20H31N3O4/c1-3-4-5-9-14-27-20(26)23-17(15(2)18(21)24)19(25)22-13-12-16-10-7-6-8-11-16/h6-8,10-11,15,17H,3-5,9,12-14H2,1-2H3,(H2,21,24)(H,22,25)(H,23,26)/t15-,17?/m1/s1. The number of carbonyl (C=O) groups excluding carboxylic acids is 3. The lowest BCUT2D eigenvalue weighted by molar-refractivity contribution is -0.130. The number of amides is 3. The first-order valence-electron chi connectivity index (χ1n) is 9.50. The molecular weight excluding hydrogens is 346 g/mol. The smallest absolute Gasteiger partial charge is 0.407 e. The molecule has 0 saturated carbocycles. The predicted molar refractivity (Wildman–Crippen MR) is 104 cm³/mol. The molecule has 0 spiro atoms. The lowest BCUT2D eigenvalue weighted by Crippen LogP contribution is -2.53. The minimum atomic E-state index is -1.07. The van der Waals surface area contributed by atoms with Crippen molar-refractivity contribution in [2.75, 3.05) is 13.2 Å². The number of hydrogen-bond donors (Lipinski definition) is 3. The maximum absolute atomic E-state index is 12.4. The second-order valence-electron chi connectivity index (χ2n) is 6.54. The molecule has 27 heavy (non-hydrogen) atoms. The van der Waals surface area contributed by atoms with Crippen LogP contribution >= 0.6 is 0 Å². The van der Waals surface area contributed by atoms with Crippen molar-refractivity contribution in [2.24, 2.45) is 11.7 Å². The summed E-state index contributed by atoms with van der Waals surface area (Å²) in [6.07, 6.45) is 3.84. The number of alkyl carbamates (subject to hydrolysis) is 1. The minimum Gasteiger partial charge on any atom is -0.450 e. The van der Waals surface area contributed by atoms with Crippen molar-refractivity contribution in [3.8, 4) is 0 Å². The van der Waals surface area contributed by atoms with Gasteiger partial charge in [-0.15, -0.1) is 0 Å². The minimum absolute atomic E-state index is 0.277. The SMILES string of the molecule is CCCCCCOC(=O)NC(C(=O)NCCc1ccccc1)[C@@H](C)C(N)=O. The van der Waals surface area contributed by atoms with Crippen LogP contribution in [0.2, 0.25) is 0 Å². The molecule has 0 heterocycles. The molecule has 0 aliphatic heterocycles. The summed E-state index contributed by atoms with van der Waals surface area (Å²) in [5, 5.41) is 5.20. The average molecular weight is 377 g/mol. The van der Waals surface area contributed by atoms with Gasteiger partial charge in [-0.1, -0.05) is 63.4 Å². The van der Waals surface area contributed by atoms with E-state index in [4.69, 9.17) is 10.5 Å². The highest BCUT2D eigenvalue weighted by atomic mass is 16.5. The zero-order chi connectivity index (χ0) is 20.1. The number of benzene rings is 1. The number of rotatable bonds is 12. The molecule has 1 rings (SSSR count). The second-order valence-corrected chi connectivity index (χ2v) is 6.54. The maximum atomic E-state index is 12.4. The van der Waals surface area contributed by atoms with Gasteiger partial charge in [0.1, 0.15) is 6.04 Å². The van der Waals surface area contributed by atoms with Crippen LogP contribution in [0.15, 0.2) is 30.3 Å². The molecule has 0 fully saturated rings. The molecule has 0 aliphatic carbocycles. The van der Waals surface area contributed by atoms with Gasteiger partial charge in [-0.3, -0.25) is 9.59 Å². The Balaban J connectivity index is 2.50. The van der Waals surface area contributed by atoms with Gasteiger partial charge in [0.25, 0.3) is 0 Å². The zero-order valence-electron chi connectivity index (χ0n) is 16.2. The van der Waals surface area contributed by atoms with E-state index in [9.17, 15) is 14.4 Å². The monoisotopic (exact) mass is 377 g/mol. The summed E-state index contributed by atoms with van der Waals surface area (Å²) >= 11 is 0. The average Bonchev–Trinajstić information content (AvgIpc) is 2.66. The Morgan fingerprint density at radius 1 is 1.11 bits per heavy atom. The van der Waals surface area contributed by atoms with Crippen LogP contribution in [0.3, 0.4) is 0 Å². The number of nitrogens with two attached hydrogens (primary N) is 1. The summed E-state index contributed by atoms with van der Waals surface area (Å²) in [5.74, 6) is -1.98. The van der Waals surface area contributed by atoms with Crippen molar-refractivity contribution in [3.63, 3.8) is 0 Å². The summed E-state index contributed by atoms with van der Waals surface area (Å²) in [6.45, 7) is 4.27. The number of ether oxygens (including phenoxy) is 1. The second kappa shape index (κ2) is 12.7. The molecule has 1 unspecified atom stereocenters. The molecule has 0 aliphatic rings. The van der Waals surface area contributed by atoms with E-state index in [1.807, 2.05) is 30.3 Å². The van der Waals surface area contributed by atoms with E-state index in [1.54, 1.807) is 0 Å². The number of hydrogen-bond acceptors (Lipinski definition) is 4. The van der Waals surface area contributed by atoms with Crippen molar-refractivity contribution in [1.82, 2.24) is 10.6 Å². The van der Waals surface area contributed by atoms with Crippen molar-refractivity contribution in [3.05, 3.63) is 35.9 Å². The molecule has 1 aromatic rings. The van der Waals surface area contributed by atoms with E-state index in [-0.39, 0.29) is 6.61 Å². The number of unbranched alkanes of at least 4 members (excludes halogenated alkanes) is 3. The molecule has 0 aromatic heterocycles. The van der Waals surface area contributed by atoms with Crippen LogP contribution in [-0.2, 0) is 20.7 Å². The fourth-order valence-electron chi connectivity index (χ4n) is 2.53. The molecule has 1 aromatic carbocycles. The van der Waals surface area contributed by atoms with Crippen LogP contribution in [0.1, 0.15) is 45.1 Å². The zero-order valence-corrected chi connectivity index (χ0v) is 16.2. The third-order valence-corrected chi connectivity index (χ3v) is 4.29. The van der Waals surface area contributed by atoms with Crippen LogP contribution in [0.25, 0.3) is 0 Å². The molecule has 0 bridgehead atoms. The molecular formula is C20H31N3O4. The van der Waals surface area contributed by atoms with Gasteiger partial charge < -0.3 is 21.1 Å². The van der Waals surface area contributed by atoms with Gasteiger partial charge in [-0.2, -0.15) is 0 Å². The van der Waals surface area contributed by atoms with Crippen LogP contribution in [0.4, 0.5) is 4.79 Å². The van der Waals surface area contributed by atoms with Gasteiger partial charge >= 0.3 is 6.09 Å². The van der Waals surface area contributed by atoms with Crippen LogP contribution in [0.5, 0.6) is 0 Å². The van der Waals surface area contributed by atoms with Gasteiger partial charge in [0.2, 0.25) is 11.8 Å². The van der Waals surface area contributed by atoms with Crippen LogP contribution < -0.4 is 16.4 Å². The van der Waals surface area contributed by atoms with Gasteiger partial charge in [-0.05, 0) is 18.4 Å². The van der Waals surface area contributed by atoms with E-state index >= 15 is 0 Å². The first kappa shape index (κ1) is 22.5. The van der Waals surface area contributed by atoms with Crippen LogP contribution in [-0.4, -0.2) is 37.1 Å². The summed E-state index contributed by atoms with van der Waals surface area (Å²) in [5.41, 5.74) is 6.39. The van der Waals surface area contributed by atoms with E-state index in [0.29, 0.717) is 13.0 Å². The molecule has 4 N–H and O–H groups in total. The van der Waals surface area contributed by atoms with Crippen molar-refractivity contribution < 1.29 is 19.1 Å². The normalized spacial score (nSPS) is 12.7. The predicted octanol–water partition coefficient (Wildman–Crippen LogP) is 2.14. The van der Waals surface area contributed by atoms with Gasteiger partial charge in [0.05, 0.1) is 12.5 Å². The Labute approximate surface area is 161 Å². The van der Waals surface area contributed by atoms with E-state index in [2.05, 4.69) is 17.6 Å². The summed E-state index contributed by atoms with van der Waals surface area (Å²) in [6, 6.07) is 8.62. The number of carbonyl (C=O) groups is 3. The third-order valence-electron chi connectivity index (χ3n) is 4.29. The highest BCUT2D eigenvalue weighted by molar-refractivity contribution is 5.91. The summed E-state index contributed by atoms with van der Waals surface area (Å²) in [4.78, 5) is 35.9. The van der Waals surface area contributed by atoms with Crippen molar-refractivity contribution >= 4 is 17.9 Å². The molecule has 3 amide bonds. The van der Waals surface area contributed by atoms with Crippen molar-refractivity contribution in [2.45, 2.75) is 52.0 Å². The number of primary amides is 1. The molecule has 2 atom stereocenters. The van der Waals surface area contributed by atoms with Crippen LogP contribution in [0, 0.1) is 5.92 Å².